The second-order valence-corrected chi connectivity index (χ2v) is 8.27. The molecule has 0 saturated carbocycles. The quantitative estimate of drug-likeness (QED) is 0.273. The molecule has 3 aromatic carbocycles. The lowest BCUT2D eigenvalue weighted by Gasteiger charge is -2.19. The molecule has 8 heteroatoms. The van der Waals surface area contributed by atoms with E-state index in [-0.39, 0.29) is 23.3 Å². The minimum absolute atomic E-state index is 0.202. The molecular formula is C27H26N2O5S. The van der Waals surface area contributed by atoms with Gasteiger partial charge in [-0.15, -0.1) is 0 Å². The molecule has 0 N–H and O–H groups in total. The van der Waals surface area contributed by atoms with Gasteiger partial charge >= 0.3 is 5.97 Å². The highest BCUT2D eigenvalue weighted by Gasteiger charge is 2.40. The van der Waals surface area contributed by atoms with E-state index in [1.54, 1.807) is 20.3 Å². The lowest BCUT2D eigenvalue weighted by Crippen LogP contribution is -2.35. The SMILES string of the molecule is CCc1ccc(N2C(=O)/C(=C/c3c(OC)ccc4ccc(OC)cc34)N(CC(=O)OC)C2=S)cc1. The summed E-state index contributed by atoms with van der Waals surface area (Å²) in [6.07, 6.45) is 2.58. The Morgan fingerprint density at radius 1 is 1.00 bits per heavy atom. The van der Waals surface area contributed by atoms with Gasteiger partial charge < -0.3 is 19.1 Å². The molecule has 4 rings (SSSR count). The third-order valence-corrected chi connectivity index (χ3v) is 6.39. The van der Waals surface area contributed by atoms with Crippen LogP contribution in [-0.4, -0.2) is 49.8 Å². The summed E-state index contributed by atoms with van der Waals surface area (Å²) in [5.41, 5.74) is 2.69. The summed E-state index contributed by atoms with van der Waals surface area (Å²) in [4.78, 5) is 28.9. The lowest BCUT2D eigenvalue weighted by atomic mass is 10.0. The summed E-state index contributed by atoms with van der Waals surface area (Å²) in [6, 6.07) is 17.1. The van der Waals surface area contributed by atoms with E-state index in [0.29, 0.717) is 22.7 Å². The molecule has 0 aliphatic carbocycles. The number of rotatable bonds is 7. The number of fused-ring (bicyclic) bond motifs is 1. The molecule has 1 aliphatic heterocycles. The van der Waals surface area contributed by atoms with E-state index in [0.717, 1.165) is 22.8 Å². The highest BCUT2D eigenvalue weighted by Crippen LogP contribution is 2.35. The summed E-state index contributed by atoms with van der Waals surface area (Å²) in [5.74, 6) is 0.384. The molecule has 7 nitrogen and oxygen atoms in total. The maximum absolute atomic E-state index is 13.7. The van der Waals surface area contributed by atoms with Crippen LogP contribution >= 0.6 is 12.2 Å². The first-order chi connectivity index (χ1) is 16.9. The van der Waals surface area contributed by atoms with Crippen LogP contribution in [0.1, 0.15) is 18.1 Å². The third kappa shape index (κ3) is 4.57. The predicted molar refractivity (Wildman–Crippen MR) is 140 cm³/mol. The minimum atomic E-state index is -0.513. The van der Waals surface area contributed by atoms with Crippen molar-refractivity contribution < 1.29 is 23.8 Å². The van der Waals surface area contributed by atoms with E-state index in [1.165, 1.54) is 16.9 Å². The Bertz CT molecular complexity index is 1330. The summed E-state index contributed by atoms with van der Waals surface area (Å²) in [7, 11) is 4.46. The van der Waals surface area contributed by atoms with Crippen LogP contribution in [0.4, 0.5) is 5.69 Å². The van der Waals surface area contributed by atoms with E-state index in [2.05, 4.69) is 6.92 Å². The van der Waals surface area contributed by atoms with Crippen LogP contribution in [-0.2, 0) is 20.7 Å². The molecule has 0 atom stereocenters. The number of ether oxygens (including phenoxy) is 3. The zero-order valence-corrected chi connectivity index (χ0v) is 20.8. The molecule has 3 aromatic rings. The van der Waals surface area contributed by atoms with Gasteiger partial charge in [0.1, 0.15) is 23.7 Å². The number of hydrogen-bond donors (Lipinski definition) is 0. The van der Waals surface area contributed by atoms with Gasteiger partial charge in [0.05, 0.1) is 27.0 Å². The molecule has 180 valence electrons. The van der Waals surface area contributed by atoms with Crippen LogP contribution in [0, 0.1) is 0 Å². The number of amides is 1. The van der Waals surface area contributed by atoms with Crippen molar-refractivity contribution >= 4 is 51.7 Å². The van der Waals surface area contributed by atoms with E-state index >= 15 is 0 Å². The number of anilines is 1. The molecule has 1 fully saturated rings. The molecule has 0 bridgehead atoms. The van der Waals surface area contributed by atoms with Crippen molar-refractivity contribution in [1.29, 1.82) is 0 Å². The normalized spacial score (nSPS) is 14.7. The summed E-state index contributed by atoms with van der Waals surface area (Å²) in [5, 5.41) is 1.98. The minimum Gasteiger partial charge on any atom is -0.497 e. The van der Waals surface area contributed by atoms with E-state index < -0.39 is 5.97 Å². The Kier molecular flexibility index (Phi) is 7.02. The number of benzene rings is 3. The number of carbonyl (C=O) groups is 2. The predicted octanol–water partition coefficient (Wildman–Crippen LogP) is 4.57. The first-order valence-corrected chi connectivity index (χ1v) is 11.5. The first kappa shape index (κ1) is 24.2. The Balaban J connectivity index is 1.89. The van der Waals surface area contributed by atoms with Gasteiger partial charge in [0.15, 0.2) is 5.11 Å². The van der Waals surface area contributed by atoms with Gasteiger partial charge in [-0.2, -0.15) is 0 Å². The Morgan fingerprint density at radius 2 is 1.71 bits per heavy atom. The molecule has 1 saturated heterocycles. The molecule has 0 spiro atoms. The number of esters is 1. The molecule has 1 amide bonds. The Morgan fingerprint density at radius 3 is 2.34 bits per heavy atom. The van der Waals surface area contributed by atoms with Crippen molar-refractivity contribution in [1.82, 2.24) is 4.90 Å². The average Bonchev–Trinajstić information content (AvgIpc) is 3.12. The molecular weight excluding hydrogens is 464 g/mol. The molecule has 35 heavy (non-hydrogen) atoms. The van der Waals surface area contributed by atoms with E-state index in [9.17, 15) is 9.59 Å². The molecule has 0 radical (unpaired) electrons. The van der Waals surface area contributed by atoms with Crippen molar-refractivity contribution in [2.45, 2.75) is 13.3 Å². The first-order valence-electron chi connectivity index (χ1n) is 11.1. The summed E-state index contributed by atoms with van der Waals surface area (Å²) in [6.45, 7) is 1.86. The van der Waals surface area contributed by atoms with Crippen molar-refractivity contribution in [3.63, 3.8) is 0 Å². The topological polar surface area (TPSA) is 68.3 Å². The van der Waals surface area contributed by atoms with Crippen molar-refractivity contribution in [3.05, 3.63) is 71.4 Å². The van der Waals surface area contributed by atoms with Gasteiger partial charge in [-0.05, 0) is 71.4 Å². The number of nitrogens with zero attached hydrogens (tertiary/aromatic N) is 2. The van der Waals surface area contributed by atoms with E-state index in [4.69, 9.17) is 26.4 Å². The highest BCUT2D eigenvalue weighted by atomic mass is 32.1. The van der Waals surface area contributed by atoms with Gasteiger partial charge in [-0.1, -0.05) is 31.2 Å². The van der Waals surface area contributed by atoms with Crippen LogP contribution in [0.3, 0.4) is 0 Å². The third-order valence-electron chi connectivity index (χ3n) is 5.98. The largest absolute Gasteiger partial charge is 0.497 e. The number of aryl methyl sites for hydroxylation is 1. The lowest BCUT2D eigenvalue weighted by molar-refractivity contribution is -0.140. The standard InChI is InChI=1S/C27H26N2O5S/c1-5-17-6-10-19(11-7-17)29-26(31)23(28(27(29)35)16-25(30)34-4)15-22-21-14-20(32-2)12-8-18(21)9-13-24(22)33-3/h6-15H,5,16H2,1-4H3/b23-15-. The maximum Gasteiger partial charge on any atom is 0.325 e. The molecule has 0 aromatic heterocycles. The number of hydrogen-bond acceptors (Lipinski definition) is 6. The second-order valence-electron chi connectivity index (χ2n) is 7.90. The summed E-state index contributed by atoms with van der Waals surface area (Å²) < 4.78 is 15.9. The van der Waals surface area contributed by atoms with Gasteiger partial charge in [0.25, 0.3) is 5.91 Å². The average molecular weight is 491 g/mol. The highest BCUT2D eigenvalue weighted by molar-refractivity contribution is 7.80. The van der Waals surface area contributed by atoms with Crippen molar-refractivity contribution in [2.24, 2.45) is 0 Å². The molecule has 1 aliphatic rings. The number of methoxy groups -OCH3 is 3. The molecule has 1 heterocycles. The van der Waals surface area contributed by atoms with Gasteiger partial charge in [0, 0.05) is 5.56 Å². The number of thiocarbonyl (C=S) groups is 1. The second kappa shape index (κ2) is 10.1. The molecule has 0 unspecified atom stereocenters. The maximum atomic E-state index is 13.7. The van der Waals surface area contributed by atoms with Gasteiger partial charge in [-0.25, -0.2) is 0 Å². The zero-order chi connectivity index (χ0) is 25.1. The van der Waals surface area contributed by atoms with Crippen LogP contribution in [0.15, 0.2) is 60.3 Å². The fourth-order valence-corrected chi connectivity index (χ4v) is 4.38. The number of carbonyl (C=O) groups excluding carboxylic acids is 2. The smallest absolute Gasteiger partial charge is 0.325 e. The van der Waals surface area contributed by atoms with Crippen LogP contribution < -0.4 is 14.4 Å². The van der Waals surface area contributed by atoms with Crippen LogP contribution in [0.5, 0.6) is 11.5 Å². The van der Waals surface area contributed by atoms with Gasteiger partial charge in [0.2, 0.25) is 0 Å². The van der Waals surface area contributed by atoms with Crippen LogP contribution in [0.2, 0.25) is 0 Å². The van der Waals surface area contributed by atoms with Gasteiger partial charge in [-0.3, -0.25) is 14.5 Å². The van der Waals surface area contributed by atoms with Crippen molar-refractivity contribution in [2.75, 3.05) is 32.8 Å². The van der Waals surface area contributed by atoms with Crippen LogP contribution in [0.25, 0.3) is 16.8 Å². The van der Waals surface area contributed by atoms with Crippen molar-refractivity contribution in [3.8, 4) is 11.5 Å². The van der Waals surface area contributed by atoms with E-state index in [1.807, 2.05) is 54.6 Å². The monoisotopic (exact) mass is 490 g/mol. The fourth-order valence-electron chi connectivity index (χ4n) is 4.03. The summed E-state index contributed by atoms with van der Waals surface area (Å²) >= 11 is 5.67. The zero-order valence-electron chi connectivity index (χ0n) is 20.0. The Hall–Kier alpha value is -3.91. The Labute approximate surface area is 209 Å². The fraction of sp³-hybridized carbons (Fsp3) is 0.222.